The first-order chi connectivity index (χ1) is 13.5. The van der Waals surface area contributed by atoms with Crippen LogP contribution in [0.25, 0.3) is 0 Å². The van der Waals surface area contributed by atoms with E-state index in [9.17, 15) is 14.0 Å². The van der Waals surface area contributed by atoms with Gasteiger partial charge in [-0.25, -0.2) is 4.39 Å². The third kappa shape index (κ3) is 3.65. The molecule has 2 amide bonds. The number of hydrogen-bond acceptors (Lipinski definition) is 4. The van der Waals surface area contributed by atoms with E-state index in [2.05, 4.69) is 5.32 Å². The second-order valence-corrected chi connectivity index (χ2v) is 7.04. The number of nitrogens with zero attached hydrogens (tertiary/aromatic N) is 1. The zero-order valence-electron chi connectivity index (χ0n) is 15.5. The van der Waals surface area contributed by atoms with E-state index in [1.807, 2.05) is 0 Å². The number of halogens is 1. The standard InChI is InChI=1S/C21H21FN2O4/c1-13-3-5-16(11-17(13)22)24-12-14(9-20(24)25)21(26)23-15-4-6-18-19(10-15)28-8-2-7-27-18/h3-6,10-11,14H,2,7-9,12H2,1H3,(H,23,26). The molecule has 1 unspecified atom stereocenters. The summed E-state index contributed by atoms with van der Waals surface area (Å²) in [5, 5.41) is 2.84. The van der Waals surface area contributed by atoms with Crippen molar-refractivity contribution in [3.05, 3.63) is 47.8 Å². The summed E-state index contributed by atoms with van der Waals surface area (Å²) in [4.78, 5) is 26.5. The van der Waals surface area contributed by atoms with Gasteiger partial charge >= 0.3 is 0 Å². The summed E-state index contributed by atoms with van der Waals surface area (Å²) in [7, 11) is 0. The lowest BCUT2D eigenvalue weighted by Crippen LogP contribution is -2.28. The predicted octanol–water partition coefficient (Wildman–Crippen LogP) is 3.29. The number of rotatable bonds is 3. The Kier molecular flexibility index (Phi) is 4.90. The van der Waals surface area contributed by atoms with Crippen LogP contribution in [0.3, 0.4) is 0 Å². The summed E-state index contributed by atoms with van der Waals surface area (Å²) >= 11 is 0. The van der Waals surface area contributed by atoms with Gasteiger partial charge in [-0.2, -0.15) is 0 Å². The van der Waals surface area contributed by atoms with Crippen molar-refractivity contribution in [2.75, 3.05) is 30.0 Å². The highest BCUT2D eigenvalue weighted by atomic mass is 19.1. The lowest BCUT2D eigenvalue weighted by molar-refractivity contribution is -0.122. The molecule has 1 atom stereocenters. The number of ether oxygens (including phenoxy) is 2. The van der Waals surface area contributed by atoms with E-state index < -0.39 is 5.92 Å². The number of nitrogens with one attached hydrogen (secondary N) is 1. The van der Waals surface area contributed by atoms with Gasteiger partial charge in [-0.1, -0.05) is 6.07 Å². The Labute approximate surface area is 162 Å². The van der Waals surface area contributed by atoms with Gasteiger partial charge < -0.3 is 19.7 Å². The third-order valence-electron chi connectivity index (χ3n) is 4.98. The second kappa shape index (κ2) is 7.50. The van der Waals surface area contributed by atoms with Crippen LogP contribution in [0.15, 0.2) is 36.4 Å². The van der Waals surface area contributed by atoms with Gasteiger partial charge in [0, 0.05) is 36.8 Å². The molecule has 1 fully saturated rings. The molecule has 0 radical (unpaired) electrons. The Morgan fingerprint density at radius 1 is 1.14 bits per heavy atom. The van der Waals surface area contributed by atoms with E-state index in [4.69, 9.17) is 9.47 Å². The molecule has 2 heterocycles. The van der Waals surface area contributed by atoms with Gasteiger partial charge in [0.2, 0.25) is 11.8 Å². The molecule has 2 aliphatic heterocycles. The first-order valence-corrected chi connectivity index (χ1v) is 9.28. The summed E-state index contributed by atoms with van der Waals surface area (Å²) in [6.07, 6.45) is 0.891. The van der Waals surface area contributed by atoms with Crippen molar-refractivity contribution in [2.45, 2.75) is 19.8 Å². The summed E-state index contributed by atoms with van der Waals surface area (Å²) < 4.78 is 25.0. The average molecular weight is 384 g/mol. The number of anilines is 2. The van der Waals surface area contributed by atoms with E-state index in [-0.39, 0.29) is 30.6 Å². The smallest absolute Gasteiger partial charge is 0.229 e. The first kappa shape index (κ1) is 18.3. The van der Waals surface area contributed by atoms with E-state index in [0.29, 0.717) is 41.7 Å². The van der Waals surface area contributed by atoms with Crippen molar-refractivity contribution in [3.63, 3.8) is 0 Å². The van der Waals surface area contributed by atoms with Gasteiger partial charge in [0.05, 0.1) is 19.1 Å². The molecular weight excluding hydrogens is 363 g/mol. The second-order valence-electron chi connectivity index (χ2n) is 7.04. The van der Waals surface area contributed by atoms with Crippen LogP contribution in [-0.4, -0.2) is 31.6 Å². The van der Waals surface area contributed by atoms with Crippen LogP contribution in [0, 0.1) is 18.7 Å². The zero-order valence-corrected chi connectivity index (χ0v) is 15.5. The highest BCUT2D eigenvalue weighted by Crippen LogP contribution is 2.33. The van der Waals surface area contributed by atoms with Crippen LogP contribution in [0.5, 0.6) is 11.5 Å². The monoisotopic (exact) mass is 384 g/mol. The van der Waals surface area contributed by atoms with Crippen molar-refractivity contribution in [2.24, 2.45) is 5.92 Å². The highest BCUT2D eigenvalue weighted by Gasteiger charge is 2.35. The van der Waals surface area contributed by atoms with E-state index in [1.54, 1.807) is 37.3 Å². The fourth-order valence-corrected chi connectivity index (χ4v) is 3.37. The fourth-order valence-electron chi connectivity index (χ4n) is 3.37. The number of fused-ring (bicyclic) bond motifs is 1. The molecule has 0 aliphatic carbocycles. The van der Waals surface area contributed by atoms with E-state index >= 15 is 0 Å². The molecule has 6 nitrogen and oxygen atoms in total. The molecule has 28 heavy (non-hydrogen) atoms. The zero-order chi connectivity index (χ0) is 19.7. The quantitative estimate of drug-likeness (QED) is 0.882. The SMILES string of the molecule is Cc1ccc(N2CC(C(=O)Nc3ccc4c(c3)OCCCO4)CC2=O)cc1F. The summed E-state index contributed by atoms with van der Waals surface area (Å²) in [5.74, 6) is -0.0769. The minimum absolute atomic E-state index is 0.0892. The van der Waals surface area contributed by atoms with Crippen LogP contribution < -0.4 is 19.7 Å². The van der Waals surface area contributed by atoms with Gasteiger partial charge in [-0.15, -0.1) is 0 Å². The summed E-state index contributed by atoms with van der Waals surface area (Å²) in [5.41, 5.74) is 1.57. The molecule has 2 aromatic rings. The summed E-state index contributed by atoms with van der Waals surface area (Å²) in [6.45, 7) is 3.04. The first-order valence-electron chi connectivity index (χ1n) is 9.28. The molecule has 0 bridgehead atoms. The Bertz CT molecular complexity index is 931. The summed E-state index contributed by atoms with van der Waals surface area (Å²) in [6, 6.07) is 9.88. The molecule has 2 aromatic carbocycles. The Balaban J connectivity index is 1.45. The van der Waals surface area contributed by atoms with Crippen molar-refractivity contribution in [1.82, 2.24) is 0 Å². The maximum absolute atomic E-state index is 13.8. The van der Waals surface area contributed by atoms with Crippen molar-refractivity contribution in [1.29, 1.82) is 0 Å². The van der Waals surface area contributed by atoms with Crippen LogP contribution >= 0.6 is 0 Å². The lowest BCUT2D eigenvalue weighted by atomic mass is 10.1. The number of aryl methyl sites for hydroxylation is 1. The van der Waals surface area contributed by atoms with E-state index in [1.165, 1.54) is 11.0 Å². The Morgan fingerprint density at radius 2 is 1.93 bits per heavy atom. The van der Waals surface area contributed by atoms with Crippen LogP contribution in [0.2, 0.25) is 0 Å². The van der Waals surface area contributed by atoms with Gasteiger partial charge in [-0.05, 0) is 36.8 Å². The lowest BCUT2D eigenvalue weighted by Gasteiger charge is -2.17. The largest absolute Gasteiger partial charge is 0.490 e. The van der Waals surface area contributed by atoms with Gasteiger partial charge in [-0.3, -0.25) is 9.59 Å². The fraction of sp³-hybridized carbons (Fsp3) is 0.333. The Hall–Kier alpha value is -3.09. The normalized spacial score (nSPS) is 18.7. The number of hydrogen-bond donors (Lipinski definition) is 1. The van der Waals surface area contributed by atoms with Gasteiger partial charge in [0.25, 0.3) is 0 Å². The number of carbonyl (C=O) groups is 2. The molecule has 7 heteroatoms. The topological polar surface area (TPSA) is 67.9 Å². The van der Waals surface area contributed by atoms with Gasteiger partial charge in [0.1, 0.15) is 5.82 Å². The minimum Gasteiger partial charge on any atom is -0.490 e. The third-order valence-corrected chi connectivity index (χ3v) is 4.98. The molecule has 2 aliphatic rings. The molecule has 0 spiro atoms. The number of amides is 2. The van der Waals surface area contributed by atoms with Crippen molar-refractivity contribution < 1.29 is 23.5 Å². The molecule has 0 aromatic heterocycles. The van der Waals surface area contributed by atoms with E-state index in [0.717, 1.165) is 6.42 Å². The highest BCUT2D eigenvalue weighted by molar-refractivity contribution is 6.03. The van der Waals surface area contributed by atoms with Crippen LogP contribution in [0.4, 0.5) is 15.8 Å². The molecular formula is C21H21FN2O4. The predicted molar refractivity (Wildman–Crippen MR) is 102 cm³/mol. The molecule has 1 saturated heterocycles. The van der Waals surface area contributed by atoms with Crippen LogP contribution in [0.1, 0.15) is 18.4 Å². The van der Waals surface area contributed by atoms with Crippen molar-refractivity contribution in [3.8, 4) is 11.5 Å². The molecule has 1 N–H and O–H groups in total. The average Bonchev–Trinajstić information content (AvgIpc) is 2.92. The molecule has 4 rings (SSSR count). The maximum Gasteiger partial charge on any atom is 0.229 e. The van der Waals surface area contributed by atoms with Gasteiger partial charge in [0.15, 0.2) is 11.5 Å². The molecule has 0 saturated carbocycles. The minimum atomic E-state index is -0.507. The Morgan fingerprint density at radius 3 is 2.71 bits per heavy atom. The van der Waals surface area contributed by atoms with Crippen molar-refractivity contribution >= 4 is 23.2 Å². The maximum atomic E-state index is 13.8. The molecule has 146 valence electrons. The number of benzene rings is 2. The number of carbonyl (C=O) groups excluding carboxylic acids is 2. The van der Waals surface area contributed by atoms with Crippen LogP contribution in [-0.2, 0) is 9.59 Å².